The van der Waals surface area contributed by atoms with Gasteiger partial charge in [0.1, 0.15) is 0 Å². The second-order valence-corrected chi connectivity index (χ2v) is 3.05. The Kier molecular flexibility index (Phi) is 11.3. The zero-order chi connectivity index (χ0) is 7.28. The zero-order valence-corrected chi connectivity index (χ0v) is 10.8. The van der Waals surface area contributed by atoms with E-state index >= 15 is 0 Å². The third-order valence-corrected chi connectivity index (χ3v) is 1.70. The van der Waals surface area contributed by atoms with Crippen molar-refractivity contribution in [3.63, 3.8) is 0 Å². The van der Waals surface area contributed by atoms with Gasteiger partial charge in [0.2, 0.25) is 0 Å². The standard InChI is InChI=1S/C6H15O2P.Sn/c1-5(2)7-9-8-6(3)4;/h5-6,9H,1-4H3;. The van der Waals surface area contributed by atoms with Crippen molar-refractivity contribution in [3.05, 3.63) is 0 Å². The van der Waals surface area contributed by atoms with Crippen LogP contribution in [0.25, 0.3) is 0 Å². The van der Waals surface area contributed by atoms with E-state index < -0.39 is 0 Å². The number of hydrogen-bond donors (Lipinski definition) is 0. The SMILES string of the molecule is CC(C)OPOC(C)C.[Sn]. The summed E-state index contributed by atoms with van der Waals surface area (Å²) in [7, 11) is 0.193. The minimum atomic E-state index is 0. The second-order valence-electron chi connectivity index (χ2n) is 2.42. The average Bonchev–Trinajstić information content (AvgIpc) is 1.63. The van der Waals surface area contributed by atoms with E-state index in [1.807, 2.05) is 27.7 Å². The van der Waals surface area contributed by atoms with Gasteiger partial charge in [-0.2, -0.15) is 0 Å². The normalized spacial score (nSPS) is 10.2. The first kappa shape index (κ1) is 13.7. The maximum absolute atomic E-state index is 5.16. The Hall–Kier alpha value is 1.15. The molecule has 0 rings (SSSR count). The molecule has 0 saturated heterocycles. The number of hydrogen-bond acceptors (Lipinski definition) is 2. The van der Waals surface area contributed by atoms with Gasteiger partial charge in [-0.1, -0.05) is 0 Å². The largest absolute Gasteiger partial charge is 0.334 e. The monoisotopic (exact) mass is 270 g/mol. The molecule has 0 aromatic heterocycles. The van der Waals surface area contributed by atoms with Crippen molar-refractivity contribution in [2.75, 3.05) is 0 Å². The van der Waals surface area contributed by atoms with E-state index in [1.165, 1.54) is 0 Å². The molecule has 0 aromatic carbocycles. The molecule has 2 nitrogen and oxygen atoms in total. The van der Waals surface area contributed by atoms with E-state index in [1.54, 1.807) is 0 Å². The molecule has 4 heteroatoms. The average molecular weight is 269 g/mol. The molecular weight excluding hydrogens is 254 g/mol. The summed E-state index contributed by atoms with van der Waals surface area (Å²) in [5, 5.41) is 0. The first-order valence-corrected chi connectivity index (χ1v) is 4.01. The van der Waals surface area contributed by atoms with E-state index in [0.717, 1.165) is 0 Å². The first-order chi connectivity index (χ1) is 4.13. The summed E-state index contributed by atoms with van der Waals surface area (Å²) in [5.41, 5.74) is 0. The van der Waals surface area contributed by atoms with Crippen LogP contribution in [0.5, 0.6) is 0 Å². The van der Waals surface area contributed by atoms with Crippen LogP contribution >= 0.6 is 9.03 Å². The Bertz CT molecular complexity index is 60.8. The Morgan fingerprint density at radius 3 is 1.40 bits per heavy atom. The van der Waals surface area contributed by atoms with Gasteiger partial charge in [-0.05, 0) is 27.7 Å². The Labute approximate surface area is 82.0 Å². The van der Waals surface area contributed by atoms with E-state index in [2.05, 4.69) is 0 Å². The van der Waals surface area contributed by atoms with Gasteiger partial charge in [0, 0.05) is 23.9 Å². The second kappa shape index (κ2) is 8.25. The third kappa shape index (κ3) is 11.9. The summed E-state index contributed by atoms with van der Waals surface area (Å²) >= 11 is 0. The van der Waals surface area contributed by atoms with E-state index in [-0.39, 0.29) is 45.2 Å². The minimum Gasteiger partial charge on any atom is -0.334 e. The molecule has 0 aliphatic rings. The van der Waals surface area contributed by atoms with Crippen molar-refractivity contribution in [1.82, 2.24) is 0 Å². The summed E-state index contributed by atoms with van der Waals surface area (Å²) in [5.74, 6) is 0. The van der Waals surface area contributed by atoms with Crippen LogP contribution in [-0.2, 0) is 9.05 Å². The van der Waals surface area contributed by atoms with Crippen LogP contribution in [0.2, 0.25) is 0 Å². The molecule has 0 bridgehead atoms. The minimum absolute atomic E-state index is 0. The van der Waals surface area contributed by atoms with Crippen molar-refractivity contribution < 1.29 is 9.05 Å². The van der Waals surface area contributed by atoms with Gasteiger partial charge in [0.05, 0.1) is 12.2 Å². The Morgan fingerprint density at radius 2 is 1.20 bits per heavy atom. The Balaban J connectivity index is 0. The molecule has 10 heavy (non-hydrogen) atoms. The van der Waals surface area contributed by atoms with Crippen molar-refractivity contribution in [3.8, 4) is 0 Å². The molecule has 0 heterocycles. The molecule has 0 aliphatic heterocycles. The fourth-order valence-electron chi connectivity index (χ4n) is 0.220. The van der Waals surface area contributed by atoms with Gasteiger partial charge in [-0.3, -0.25) is 0 Å². The van der Waals surface area contributed by atoms with Gasteiger partial charge in [-0.15, -0.1) is 0 Å². The summed E-state index contributed by atoms with van der Waals surface area (Å²) in [6.45, 7) is 7.99. The fourth-order valence-corrected chi connectivity index (χ4v) is 0.661. The van der Waals surface area contributed by atoms with Crippen LogP contribution in [0, 0.1) is 0 Å². The van der Waals surface area contributed by atoms with Crippen molar-refractivity contribution in [2.24, 2.45) is 0 Å². The van der Waals surface area contributed by atoms with Crippen molar-refractivity contribution in [2.45, 2.75) is 39.9 Å². The molecular formula is C6H15O2PSn. The van der Waals surface area contributed by atoms with Crippen molar-refractivity contribution >= 4 is 32.9 Å². The molecule has 0 fully saturated rings. The molecule has 0 spiro atoms. The molecule has 0 aromatic rings. The fraction of sp³-hybridized carbons (Fsp3) is 1.00. The van der Waals surface area contributed by atoms with Crippen LogP contribution in [0.3, 0.4) is 0 Å². The van der Waals surface area contributed by atoms with Crippen LogP contribution in [0.4, 0.5) is 0 Å². The van der Waals surface area contributed by atoms with Crippen LogP contribution in [0.15, 0.2) is 0 Å². The molecule has 0 amide bonds. The number of rotatable bonds is 4. The van der Waals surface area contributed by atoms with Crippen LogP contribution in [0.1, 0.15) is 27.7 Å². The predicted molar refractivity (Wildman–Crippen MR) is 46.5 cm³/mol. The van der Waals surface area contributed by atoms with Gasteiger partial charge in [-0.25, -0.2) is 0 Å². The summed E-state index contributed by atoms with van der Waals surface area (Å²) in [6.07, 6.45) is 0.559. The van der Waals surface area contributed by atoms with Crippen molar-refractivity contribution in [1.29, 1.82) is 0 Å². The van der Waals surface area contributed by atoms with Gasteiger partial charge >= 0.3 is 0 Å². The van der Waals surface area contributed by atoms with Gasteiger partial charge < -0.3 is 9.05 Å². The van der Waals surface area contributed by atoms with E-state index in [9.17, 15) is 0 Å². The summed E-state index contributed by atoms with van der Waals surface area (Å²) < 4.78 is 10.3. The summed E-state index contributed by atoms with van der Waals surface area (Å²) in [4.78, 5) is 0. The molecule has 60 valence electrons. The van der Waals surface area contributed by atoms with E-state index in [4.69, 9.17) is 9.05 Å². The quantitative estimate of drug-likeness (QED) is 0.573. The molecule has 0 aliphatic carbocycles. The maximum Gasteiger partial charge on any atom is 0.155 e. The summed E-state index contributed by atoms with van der Waals surface area (Å²) in [6, 6.07) is 0. The van der Waals surface area contributed by atoms with Crippen LogP contribution < -0.4 is 0 Å². The first-order valence-electron chi connectivity index (χ1n) is 3.19. The van der Waals surface area contributed by atoms with E-state index in [0.29, 0.717) is 0 Å². The molecule has 0 unspecified atom stereocenters. The smallest absolute Gasteiger partial charge is 0.155 e. The molecule has 0 saturated carbocycles. The zero-order valence-electron chi connectivity index (χ0n) is 6.97. The Morgan fingerprint density at radius 1 is 0.900 bits per heavy atom. The maximum atomic E-state index is 5.16. The van der Waals surface area contributed by atoms with Crippen LogP contribution in [-0.4, -0.2) is 36.1 Å². The predicted octanol–water partition coefficient (Wildman–Crippen LogP) is 1.96. The van der Waals surface area contributed by atoms with Gasteiger partial charge in [0.25, 0.3) is 0 Å². The van der Waals surface area contributed by atoms with Gasteiger partial charge in [0.15, 0.2) is 9.03 Å². The molecule has 0 atom stereocenters. The molecule has 4 radical (unpaired) electrons. The third-order valence-electron chi connectivity index (χ3n) is 0.568. The topological polar surface area (TPSA) is 18.5 Å². The molecule has 0 N–H and O–H groups in total.